The number of amides is 2. The molecule has 10 heteroatoms. The molecule has 2 aliphatic heterocycles. The van der Waals surface area contributed by atoms with Crippen LogP contribution in [0.5, 0.6) is 0 Å². The summed E-state index contributed by atoms with van der Waals surface area (Å²) in [6.07, 6.45) is 4.09. The van der Waals surface area contributed by atoms with Crippen LogP contribution >= 0.6 is 0 Å². The number of likely N-dealkylation sites (tertiary alicyclic amines) is 1. The lowest BCUT2D eigenvalue weighted by molar-refractivity contribution is 0.0630. The van der Waals surface area contributed by atoms with Gasteiger partial charge < -0.3 is 9.64 Å². The third-order valence-electron chi connectivity index (χ3n) is 7.29. The predicted molar refractivity (Wildman–Crippen MR) is 138 cm³/mol. The van der Waals surface area contributed by atoms with E-state index >= 15 is 0 Å². The first-order valence-electron chi connectivity index (χ1n) is 12.7. The molecule has 0 saturated carbocycles. The summed E-state index contributed by atoms with van der Waals surface area (Å²) in [7, 11) is 0. The lowest BCUT2D eigenvalue weighted by Gasteiger charge is -2.37. The second-order valence-corrected chi connectivity index (χ2v) is 9.59. The van der Waals surface area contributed by atoms with Crippen molar-refractivity contribution < 1.29 is 23.1 Å². The van der Waals surface area contributed by atoms with Gasteiger partial charge in [-0.15, -0.1) is 0 Å². The molecule has 0 N–H and O–H groups in total. The van der Waals surface area contributed by atoms with Gasteiger partial charge >= 0.3 is 6.09 Å². The molecule has 0 bridgehead atoms. The molecule has 2 aromatic heterocycles. The summed E-state index contributed by atoms with van der Waals surface area (Å²) in [6, 6.07) is 18.2. The topological polar surface area (TPSA) is 80.6 Å². The Hall–Kier alpha value is -4.60. The summed E-state index contributed by atoms with van der Waals surface area (Å²) in [4.78, 5) is 33.7. The quantitative estimate of drug-likeness (QED) is 0.363. The van der Waals surface area contributed by atoms with Crippen molar-refractivity contribution >= 4 is 12.0 Å². The second-order valence-electron chi connectivity index (χ2n) is 9.59. The number of pyridine rings is 1. The first-order chi connectivity index (χ1) is 19.0. The number of benzene rings is 2. The van der Waals surface area contributed by atoms with Crippen LogP contribution in [0.3, 0.4) is 0 Å². The molecule has 198 valence electrons. The van der Waals surface area contributed by atoms with Crippen LogP contribution in [0.15, 0.2) is 79.1 Å². The van der Waals surface area contributed by atoms with Gasteiger partial charge in [-0.25, -0.2) is 18.3 Å². The SMILES string of the molecule is O=C(c1cc(-c2ccncc2)n(-c2ccc(F)c(F)c2)n1)N1CCC(N2C(=O)OC[C@H]2c2ccccc2)CC1. The average molecular weight is 530 g/mol. The molecule has 0 unspecified atom stereocenters. The summed E-state index contributed by atoms with van der Waals surface area (Å²) >= 11 is 0. The summed E-state index contributed by atoms with van der Waals surface area (Å²) in [5.41, 5.74) is 2.77. The molecular formula is C29H25F2N5O3. The van der Waals surface area contributed by atoms with Crippen LogP contribution in [0, 0.1) is 11.6 Å². The number of hydrogen-bond donors (Lipinski definition) is 0. The van der Waals surface area contributed by atoms with Gasteiger partial charge in [-0.2, -0.15) is 5.10 Å². The molecule has 0 aliphatic carbocycles. The minimum atomic E-state index is -1.01. The molecule has 2 saturated heterocycles. The normalized spacial score (nSPS) is 17.9. The van der Waals surface area contributed by atoms with Gasteiger partial charge in [0, 0.05) is 43.2 Å². The molecule has 4 aromatic rings. The highest BCUT2D eigenvalue weighted by atomic mass is 19.2. The van der Waals surface area contributed by atoms with E-state index in [1.165, 1.54) is 10.7 Å². The molecule has 0 radical (unpaired) electrons. The van der Waals surface area contributed by atoms with E-state index in [0.717, 1.165) is 23.3 Å². The minimum Gasteiger partial charge on any atom is -0.447 e. The molecule has 2 amide bonds. The minimum absolute atomic E-state index is 0.0543. The smallest absolute Gasteiger partial charge is 0.410 e. The monoisotopic (exact) mass is 529 g/mol. The van der Waals surface area contributed by atoms with E-state index in [1.807, 2.05) is 30.3 Å². The number of carbonyl (C=O) groups excluding carboxylic acids is 2. The van der Waals surface area contributed by atoms with Crippen LogP contribution in [-0.2, 0) is 4.74 Å². The molecule has 2 fully saturated rings. The molecule has 4 heterocycles. The van der Waals surface area contributed by atoms with Crippen molar-refractivity contribution in [1.29, 1.82) is 0 Å². The van der Waals surface area contributed by atoms with Crippen molar-refractivity contribution in [3.05, 3.63) is 102 Å². The molecule has 6 rings (SSSR count). The number of nitrogens with zero attached hydrogens (tertiary/aromatic N) is 5. The van der Waals surface area contributed by atoms with Crippen LogP contribution in [0.25, 0.3) is 16.9 Å². The van der Waals surface area contributed by atoms with E-state index in [-0.39, 0.29) is 35.5 Å². The molecule has 0 spiro atoms. The Morgan fingerprint density at radius 1 is 0.923 bits per heavy atom. The third-order valence-corrected chi connectivity index (χ3v) is 7.29. The van der Waals surface area contributed by atoms with Crippen LogP contribution in [0.1, 0.15) is 34.9 Å². The number of rotatable bonds is 5. The maximum Gasteiger partial charge on any atom is 0.410 e. The molecule has 2 aromatic carbocycles. The first kappa shape index (κ1) is 24.7. The van der Waals surface area contributed by atoms with Crippen LogP contribution in [0.4, 0.5) is 13.6 Å². The summed E-state index contributed by atoms with van der Waals surface area (Å²) in [6.45, 7) is 1.19. The van der Waals surface area contributed by atoms with Crippen molar-refractivity contribution in [2.45, 2.75) is 24.9 Å². The van der Waals surface area contributed by atoms with Gasteiger partial charge in [0.1, 0.15) is 6.61 Å². The predicted octanol–water partition coefficient (Wildman–Crippen LogP) is 5.01. The van der Waals surface area contributed by atoms with Crippen LogP contribution < -0.4 is 0 Å². The molecule has 8 nitrogen and oxygen atoms in total. The fraction of sp³-hybridized carbons (Fsp3) is 0.241. The fourth-order valence-corrected chi connectivity index (χ4v) is 5.30. The number of carbonyl (C=O) groups is 2. The van der Waals surface area contributed by atoms with Crippen molar-refractivity contribution in [1.82, 2.24) is 24.6 Å². The van der Waals surface area contributed by atoms with Crippen LogP contribution in [-0.4, -0.2) is 62.3 Å². The Bertz CT molecular complexity index is 1500. The third kappa shape index (κ3) is 4.73. The van der Waals surface area contributed by atoms with E-state index in [2.05, 4.69) is 10.1 Å². The van der Waals surface area contributed by atoms with E-state index in [0.29, 0.717) is 38.2 Å². The number of piperidine rings is 1. The summed E-state index contributed by atoms with van der Waals surface area (Å²) in [5, 5.41) is 4.49. The van der Waals surface area contributed by atoms with E-state index in [9.17, 15) is 18.4 Å². The number of cyclic esters (lactones) is 1. The lowest BCUT2D eigenvalue weighted by Crippen LogP contribution is -2.47. The highest BCUT2D eigenvalue weighted by Crippen LogP contribution is 2.33. The van der Waals surface area contributed by atoms with E-state index in [4.69, 9.17) is 4.74 Å². The fourth-order valence-electron chi connectivity index (χ4n) is 5.30. The van der Waals surface area contributed by atoms with E-state index in [1.54, 1.807) is 40.4 Å². The Labute approximate surface area is 223 Å². The Morgan fingerprint density at radius 2 is 1.67 bits per heavy atom. The van der Waals surface area contributed by atoms with E-state index < -0.39 is 11.6 Å². The zero-order valence-corrected chi connectivity index (χ0v) is 20.9. The highest BCUT2D eigenvalue weighted by Gasteiger charge is 2.40. The number of ether oxygens (including phenoxy) is 1. The Kier molecular flexibility index (Phi) is 6.52. The standard InChI is InChI=1S/C29H25F2N5O3/c30-23-7-6-22(16-24(23)31)36-26(20-8-12-32-13-9-20)17-25(33-36)28(37)34-14-10-21(11-15-34)35-27(18-39-29(35)38)19-4-2-1-3-5-19/h1-9,12-13,16-17,21,27H,10-11,14-15,18H2/t27-/m0/s1. The molecule has 2 aliphatic rings. The Balaban J connectivity index is 1.22. The van der Waals surface area contributed by atoms with Gasteiger partial charge in [-0.3, -0.25) is 14.7 Å². The van der Waals surface area contributed by atoms with Crippen molar-refractivity contribution in [2.75, 3.05) is 19.7 Å². The number of halogens is 2. The van der Waals surface area contributed by atoms with Gasteiger partial charge in [0.05, 0.1) is 17.4 Å². The largest absolute Gasteiger partial charge is 0.447 e. The van der Waals surface area contributed by atoms with Crippen molar-refractivity contribution in [3.8, 4) is 16.9 Å². The van der Waals surface area contributed by atoms with Gasteiger partial charge in [0.2, 0.25) is 0 Å². The highest BCUT2D eigenvalue weighted by molar-refractivity contribution is 5.93. The van der Waals surface area contributed by atoms with Crippen molar-refractivity contribution in [2.24, 2.45) is 0 Å². The van der Waals surface area contributed by atoms with Crippen LogP contribution in [0.2, 0.25) is 0 Å². The summed E-state index contributed by atoms with van der Waals surface area (Å²) < 4.78 is 34.5. The molecule has 1 atom stereocenters. The average Bonchev–Trinajstić information content (AvgIpc) is 3.59. The van der Waals surface area contributed by atoms with Crippen molar-refractivity contribution in [3.63, 3.8) is 0 Å². The maximum absolute atomic E-state index is 14.0. The number of aromatic nitrogens is 3. The van der Waals surface area contributed by atoms with Gasteiger partial charge in [-0.05, 0) is 48.7 Å². The maximum atomic E-state index is 14.0. The second kappa shape index (κ2) is 10.3. The Morgan fingerprint density at radius 3 is 2.38 bits per heavy atom. The summed E-state index contributed by atoms with van der Waals surface area (Å²) in [5.74, 6) is -2.24. The van der Waals surface area contributed by atoms with Gasteiger partial charge in [0.15, 0.2) is 17.3 Å². The molecule has 39 heavy (non-hydrogen) atoms. The first-order valence-corrected chi connectivity index (χ1v) is 12.7. The zero-order valence-electron chi connectivity index (χ0n) is 20.9. The lowest BCUT2D eigenvalue weighted by atomic mass is 9.99. The van der Waals surface area contributed by atoms with Gasteiger partial charge in [0.25, 0.3) is 5.91 Å². The number of hydrogen-bond acceptors (Lipinski definition) is 5. The van der Waals surface area contributed by atoms with Gasteiger partial charge in [-0.1, -0.05) is 30.3 Å². The zero-order chi connectivity index (χ0) is 26.9. The molecular weight excluding hydrogens is 504 g/mol.